The summed E-state index contributed by atoms with van der Waals surface area (Å²) in [4.78, 5) is 23.1. The number of hydrogen-bond acceptors (Lipinski definition) is 6. The molecular formula is C23H20N4O3. The molecule has 4 aromatic rings. The molecule has 1 saturated heterocycles. The number of benzene rings is 2. The van der Waals surface area contributed by atoms with Gasteiger partial charge in [0.05, 0.1) is 11.9 Å². The van der Waals surface area contributed by atoms with Gasteiger partial charge in [-0.3, -0.25) is 4.79 Å². The first kappa shape index (κ1) is 18.3. The van der Waals surface area contributed by atoms with Crippen molar-refractivity contribution in [3.8, 4) is 17.2 Å². The van der Waals surface area contributed by atoms with E-state index in [1.54, 1.807) is 18.3 Å². The summed E-state index contributed by atoms with van der Waals surface area (Å²) in [5.41, 5.74) is 2.28. The van der Waals surface area contributed by atoms with Crippen LogP contribution in [-0.2, 0) is 0 Å². The molecule has 30 heavy (non-hydrogen) atoms. The number of nitrogens with zero attached hydrogens (tertiary/aromatic N) is 4. The van der Waals surface area contributed by atoms with E-state index in [1.807, 2.05) is 47.4 Å². The van der Waals surface area contributed by atoms with Gasteiger partial charge in [-0.05, 0) is 31.0 Å². The second-order valence-electron chi connectivity index (χ2n) is 7.29. The lowest BCUT2D eigenvalue weighted by atomic mass is 10.0. The second-order valence-corrected chi connectivity index (χ2v) is 7.29. The number of likely N-dealkylation sites (tertiary alicyclic amines) is 1. The maximum Gasteiger partial charge on any atom is 0.254 e. The molecule has 1 atom stereocenters. The van der Waals surface area contributed by atoms with Crippen LogP contribution in [0.25, 0.3) is 22.2 Å². The smallest absolute Gasteiger partial charge is 0.254 e. The monoisotopic (exact) mass is 400 g/mol. The zero-order valence-electron chi connectivity index (χ0n) is 16.3. The van der Waals surface area contributed by atoms with Crippen molar-refractivity contribution in [2.24, 2.45) is 0 Å². The highest BCUT2D eigenvalue weighted by atomic mass is 16.5. The van der Waals surface area contributed by atoms with E-state index in [-0.39, 0.29) is 12.0 Å². The summed E-state index contributed by atoms with van der Waals surface area (Å²) in [6.45, 7) is 1.23. The highest BCUT2D eigenvalue weighted by Gasteiger charge is 2.26. The number of amides is 1. The van der Waals surface area contributed by atoms with Gasteiger partial charge in [0.2, 0.25) is 5.88 Å². The summed E-state index contributed by atoms with van der Waals surface area (Å²) in [5, 5.41) is 4.97. The Kier molecular flexibility index (Phi) is 4.85. The fraction of sp³-hybridized carbons (Fsp3) is 0.217. The van der Waals surface area contributed by atoms with Gasteiger partial charge in [0.15, 0.2) is 5.76 Å². The number of ether oxygens (including phenoxy) is 1. The van der Waals surface area contributed by atoms with Gasteiger partial charge in [0.25, 0.3) is 5.91 Å². The van der Waals surface area contributed by atoms with Gasteiger partial charge in [-0.2, -0.15) is 0 Å². The molecule has 1 amide bonds. The molecular weight excluding hydrogens is 380 g/mol. The Morgan fingerprint density at radius 1 is 1.13 bits per heavy atom. The highest BCUT2D eigenvalue weighted by Crippen LogP contribution is 2.30. The molecule has 3 heterocycles. The first-order valence-electron chi connectivity index (χ1n) is 9.95. The fourth-order valence-corrected chi connectivity index (χ4v) is 3.79. The van der Waals surface area contributed by atoms with E-state index in [9.17, 15) is 4.79 Å². The third-order valence-corrected chi connectivity index (χ3v) is 5.27. The Bertz CT molecular complexity index is 1160. The predicted octanol–water partition coefficient (Wildman–Crippen LogP) is 3.97. The van der Waals surface area contributed by atoms with Crippen LogP contribution in [0.3, 0.4) is 0 Å². The van der Waals surface area contributed by atoms with E-state index in [1.165, 1.54) is 6.33 Å². The third kappa shape index (κ3) is 3.61. The number of rotatable bonds is 4. The van der Waals surface area contributed by atoms with Gasteiger partial charge in [-0.15, -0.1) is 0 Å². The summed E-state index contributed by atoms with van der Waals surface area (Å²) in [6.07, 6.45) is 4.78. The molecule has 2 aromatic carbocycles. The van der Waals surface area contributed by atoms with Gasteiger partial charge in [-0.25, -0.2) is 9.97 Å². The minimum absolute atomic E-state index is 0.0203. The van der Waals surface area contributed by atoms with Gasteiger partial charge in [-0.1, -0.05) is 35.5 Å². The molecule has 0 bridgehead atoms. The lowest BCUT2D eigenvalue weighted by Gasteiger charge is -2.32. The summed E-state index contributed by atoms with van der Waals surface area (Å²) >= 11 is 0. The van der Waals surface area contributed by atoms with Gasteiger partial charge >= 0.3 is 0 Å². The van der Waals surface area contributed by atoms with Gasteiger partial charge < -0.3 is 14.2 Å². The predicted molar refractivity (Wildman–Crippen MR) is 111 cm³/mol. The molecule has 1 aliphatic heterocycles. The van der Waals surface area contributed by atoms with Crippen molar-refractivity contribution in [3.05, 3.63) is 72.7 Å². The highest BCUT2D eigenvalue weighted by molar-refractivity contribution is 6.01. The third-order valence-electron chi connectivity index (χ3n) is 5.27. The second kappa shape index (κ2) is 7.94. The SMILES string of the molecule is O=C(c1ccc2noc(-c3ccccc3)c2c1)N1CCCC(Oc2ccncn2)C1. The zero-order chi connectivity index (χ0) is 20.3. The largest absolute Gasteiger partial charge is 0.472 e. The summed E-state index contributed by atoms with van der Waals surface area (Å²) < 4.78 is 11.5. The number of hydrogen-bond donors (Lipinski definition) is 0. The van der Waals surface area contributed by atoms with Gasteiger partial charge in [0, 0.05) is 29.9 Å². The minimum atomic E-state index is -0.0863. The average molecular weight is 400 g/mol. The van der Waals surface area contributed by atoms with Crippen LogP contribution >= 0.6 is 0 Å². The van der Waals surface area contributed by atoms with Crippen LogP contribution < -0.4 is 4.74 Å². The van der Waals surface area contributed by atoms with E-state index >= 15 is 0 Å². The van der Waals surface area contributed by atoms with Crippen LogP contribution in [0.1, 0.15) is 23.2 Å². The minimum Gasteiger partial charge on any atom is -0.472 e. The Hall–Kier alpha value is -3.74. The molecule has 0 aliphatic carbocycles. The van der Waals surface area contributed by atoms with Crippen molar-refractivity contribution >= 4 is 16.8 Å². The van der Waals surface area contributed by atoms with Crippen molar-refractivity contribution in [1.29, 1.82) is 0 Å². The van der Waals surface area contributed by atoms with Crippen molar-refractivity contribution in [2.75, 3.05) is 13.1 Å². The van der Waals surface area contributed by atoms with E-state index < -0.39 is 0 Å². The van der Waals surface area contributed by atoms with Crippen molar-refractivity contribution in [2.45, 2.75) is 18.9 Å². The van der Waals surface area contributed by atoms with E-state index in [0.717, 1.165) is 29.3 Å². The first-order chi connectivity index (χ1) is 14.8. The van der Waals surface area contributed by atoms with Crippen molar-refractivity contribution < 1.29 is 14.1 Å². The number of carbonyl (C=O) groups is 1. The Balaban J connectivity index is 1.37. The summed E-state index contributed by atoms with van der Waals surface area (Å²) in [6, 6.07) is 17.0. The lowest BCUT2D eigenvalue weighted by molar-refractivity contribution is 0.0527. The molecule has 5 rings (SSSR count). The van der Waals surface area contributed by atoms with Crippen LogP contribution in [0, 0.1) is 0 Å². The average Bonchev–Trinajstić information content (AvgIpc) is 3.23. The molecule has 150 valence electrons. The molecule has 1 aliphatic rings. The number of carbonyl (C=O) groups excluding carboxylic acids is 1. The van der Waals surface area contributed by atoms with Crippen LogP contribution in [0.15, 0.2) is 71.6 Å². The van der Waals surface area contributed by atoms with Crippen LogP contribution in [0.5, 0.6) is 5.88 Å². The molecule has 7 nitrogen and oxygen atoms in total. The first-order valence-corrected chi connectivity index (χ1v) is 9.95. The molecule has 0 saturated carbocycles. The van der Waals surface area contributed by atoms with Crippen molar-refractivity contribution in [3.63, 3.8) is 0 Å². The molecule has 7 heteroatoms. The molecule has 1 unspecified atom stereocenters. The Morgan fingerprint density at radius 3 is 2.87 bits per heavy atom. The standard InChI is InChI=1S/C23H20N4O3/c28-23(27-12-4-7-18(14-27)29-21-10-11-24-15-25-21)17-8-9-20-19(13-17)22(30-26-20)16-5-2-1-3-6-16/h1-3,5-6,8-11,13,15,18H,4,7,12,14H2. The zero-order valence-corrected chi connectivity index (χ0v) is 16.3. The maximum atomic E-state index is 13.2. The van der Waals surface area contributed by atoms with E-state index in [2.05, 4.69) is 15.1 Å². The molecule has 1 fully saturated rings. The topological polar surface area (TPSA) is 81.4 Å². The van der Waals surface area contributed by atoms with Crippen LogP contribution in [0.2, 0.25) is 0 Å². The molecule has 0 N–H and O–H groups in total. The van der Waals surface area contributed by atoms with Crippen molar-refractivity contribution in [1.82, 2.24) is 20.0 Å². The lowest BCUT2D eigenvalue weighted by Crippen LogP contribution is -2.44. The molecule has 0 spiro atoms. The summed E-state index contributed by atoms with van der Waals surface area (Å²) in [5.74, 6) is 1.18. The Morgan fingerprint density at radius 2 is 2.03 bits per heavy atom. The Labute approximate surface area is 173 Å². The number of aromatic nitrogens is 3. The molecule has 0 radical (unpaired) electrons. The van der Waals surface area contributed by atoms with Gasteiger partial charge in [0.1, 0.15) is 17.9 Å². The maximum absolute atomic E-state index is 13.2. The van der Waals surface area contributed by atoms with Crippen LogP contribution in [-0.4, -0.2) is 45.1 Å². The number of fused-ring (bicyclic) bond motifs is 1. The fourth-order valence-electron chi connectivity index (χ4n) is 3.79. The normalized spacial score (nSPS) is 16.5. The van der Waals surface area contributed by atoms with E-state index in [0.29, 0.717) is 30.3 Å². The number of piperidine rings is 1. The van der Waals surface area contributed by atoms with Crippen LogP contribution in [0.4, 0.5) is 0 Å². The molecule has 2 aromatic heterocycles. The summed E-state index contributed by atoms with van der Waals surface area (Å²) in [7, 11) is 0. The quantitative estimate of drug-likeness (QED) is 0.516. The van der Waals surface area contributed by atoms with E-state index in [4.69, 9.17) is 9.26 Å².